The third kappa shape index (κ3) is 2.66. The molecule has 1 aromatic rings. The predicted molar refractivity (Wildman–Crippen MR) is 75.0 cm³/mol. The lowest BCUT2D eigenvalue weighted by molar-refractivity contribution is 0.578. The Kier molecular flexibility index (Phi) is 4.59. The Balaban J connectivity index is 2.33. The van der Waals surface area contributed by atoms with Crippen molar-refractivity contribution in [3.05, 3.63) is 33.2 Å². The topological polar surface area (TPSA) is 34.0 Å². The smallest absolute Gasteiger partial charge is 0.255 e. The maximum Gasteiger partial charge on any atom is 0.255 e. The largest absolute Gasteiger partial charge is 0.312 e. The monoisotopic (exact) mass is 248 g/mol. The Hall–Kier alpha value is -1.09. The van der Waals surface area contributed by atoms with E-state index in [1.165, 1.54) is 24.1 Å². The van der Waals surface area contributed by atoms with Crippen LogP contribution < -0.4 is 10.9 Å². The van der Waals surface area contributed by atoms with Gasteiger partial charge in [-0.15, -0.1) is 0 Å². The van der Waals surface area contributed by atoms with Crippen LogP contribution in [0.2, 0.25) is 0 Å². The number of pyridine rings is 1. The average molecular weight is 248 g/mol. The fourth-order valence-electron chi connectivity index (χ4n) is 2.81. The average Bonchev–Trinajstić information content (AvgIpc) is 2.40. The van der Waals surface area contributed by atoms with Crippen LogP contribution in [0.1, 0.15) is 49.9 Å². The number of nitrogens with zero attached hydrogens (tertiary/aromatic N) is 1. The minimum Gasteiger partial charge on any atom is -0.312 e. The van der Waals surface area contributed by atoms with Gasteiger partial charge in [-0.2, -0.15) is 0 Å². The van der Waals surface area contributed by atoms with E-state index in [2.05, 4.69) is 25.2 Å². The van der Waals surface area contributed by atoms with Gasteiger partial charge >= 0.3 is 0 Å². The third-order valence-electron chi connectivity index (χ3n) is 3.73. The Morgan fingerprint density at radius 3 is 2.78 bits per heavy atom. The summed E-state index contributed by atoms with van der Waals surface area (Å²) in [6.45, 7) is 6.69. The second kappa shape index (κ2) is 6.19. The molecular formula is C15H24N2O. The van der Waals surface area contributed by atoms with Crippen molar-refractivity contribution in [3.63, 3.8) is 0 Å². The molecule has 1 aromatic heterocycles. The first kappa shape index (κ1) is 13.3. The van der Waals surface area contributed by atoms with Gasteiger partial charge in [0.15, 0.2) is 0 Å². The number of aryl methyl sites for hydroxylation is 1. The molecule has 0 saturated carbocycles. The van der Waals surface area contributed by atoms with Gasteiger partial charge in [0, 0.05) is 24.3 Å². The lowest BCUT2D eigenvalue weighted by Crippen LogP contribution is -2.31. The summed E-state index contributed by atoms with van der Waals surface area (Å²) < 4.78 is 1.98. The lowest BCUT2D eigenvalue weighted by Gasteiger charge is -2.21. The summed E-state index contributed by atoms with van der Waals surface area (Å²) in [4.78, 5) is 12.4. The molecule has 1 aliphatic rings. The molecule has 0 aliphatic heterocycles. The van der Waals surface area contributed by atoms with Gasteiger partial charge in [0.25, 0.3) is 5.56 Å². The molecular weight excluding hydrogens is 224 g/mol. The van der Waals surface area contributed by atoms with Crippen molar-refractivity contribution in [2.75, 3.05) is 6.54 Å². The van der Waals surface area contributed by atoms with E-state index in [0.717, 1.165) is 37.9 Å². The number of rotatable bonds is 5. The van der Waals surface area contributed by atoms with E-state index in [4.69, 9.17) is 0 Å². The number of aromatic nitrogens is 1. The molecule has 0 spiro atoms. The molecule has 3 nitrogen and oxygen atoms in total. The minimum absolute atomic E-state index is 0.210. The maximum absolute atomic E-state index is 12.4. The highest BCUT2D eigenvalue weighted by atomic mass is 16.1. The van der Waals surface area contributed by atoms with E-state index in [1.807, 2.05) is 4.57 Å². The SMILES string of the molecule is CCCNCc1cc2c(n(CC)c1=O)CCCC2. The molecule has 1 aliphatic carbocycles. The van der Waals surface area contributed by atoms with Crippen LogP contribution in [0.15, 0.2) is 10.9 Å². The van der Waals surface area contributed by atoms with Crippen molar-refractivity contribution in [3.8, 4) is 0 Å². The first-order valence-electron chi connectivity index (χ1n) is 7.23. The van der Waals surface area contributed by atoms with E-state index >= 15 is 0 Å². The molecule has 0 atom stereocenters. The summed E-state index contributed by atoms with van der Waals surface area (Å²) in [6.07, 6.45) is 5.79. The molecule has 1 N–H and O–H groups in total. The molecule has 0 fully saturated rings. The zero-order valence-electron chi connectivity index (χ0n) is 11.6. The minimum atomic E-state index is 0.210. The van der Waals surface area contributed by atoms with E-state index in [-0.39, 0.29) is 5.56 Å². The highest BCUT2D eigenvalue weighted by Crippen LogP contribution is 2.20. The second-order valence-electron chi connectivity index (χ2n) is 5.07. The van der Waals surface area contributed by atoms with E-state index in [0.29, 0.717) is 6.54 Å². The van der Waals surface area contributed by atoms with Crippen LogP contribution >= 0.6 is 0 Å². The van der Waals surface area contributed by atoms with Crippen LogP contribution in [0.25, 0.3) is 0 Å². The molecule has 18 heavy (non-hydrogen) atoms. The maximum atomic E-state index is 12.4. The molecule has 0 bridgehead atoms. The number of hydrogen-bond acceptors (Lipinski definition) is 2. The zero-order valence-corrected chi connectivity index (χ0v) is 11.6. The van der Waals surface area contributed by atoms with Gasteiger partial charge in [0.1, 0.15) is 0 Å². The van der Waals surface area contributed by atoms with Crippen molar-refractivity contribution in [1.29, 1.82) is 0 Å². The van der Waals surface area contributed by atoms with E-state index in [1.54, 1.807) is 0 Å². The predicted octanol–water partition coefficient (Wildman–Crippen LogP) is 2.25. The van der Waals surface area contributed by atoms with Crippen LogP contribution in [0.4, 0.5) is 0 Å². The highest BCUT2D eigenvalue weighted by molar-refractivity contribution is 5.29. The van der Waals surface area contributed by atoms with E-state index < -0.39 is 0 Å². The Morgan fingerprint density at radius 2 is 2.06 bits per heavy atom. The summed E-state index contributed by atoms with van der Waals surface area (Å²) in [5.74, 6) is 0. The van der Waals surface area contributed by atoms with Crippen molar-refractivity contribution >= 4 is 0 Å². The molecule has 0 amide bonds. The molecule has 0 saturated heterocycles. The van der Waals surface area contributed by atoms with Gasteiger partial charge in [-0.1, -0.05) is 6.92 Å². The first-order chi connectivity index (χ1) is 8.77. The number of nitrogens with one attached hydrogen (secondary N) is 1. The van der Waals surface area contributed by atoms with Gasteiger partial charge in [-0.3, -0.25) is 4.79 Å². The zero-order chi connectivity index (χ0) is 13.0. The Morgan fingerprint density at radius 1 is 1.28 bits per heavy atom. The normalized spacial score (nSPS) is 14.6. The third-order valence-corrected chi connectivity index (χ3v) is 3.73. The second-order valence-corrected chi connectivity index (χ2v) is 5.07. The highest BCUT2D eigenvalue weighted by Gasteiger charge is 2.16. The summed E-state index contributed by atoms with van der Waals surface area (Å²) in [5.41, 5.74) is 3.83. The van der Waals surface area contributed by atoms with Gasteiger partial charge in [-0.25, -0.2) is 0 Å². The fourth-order valence-corrected chi connectivity index (χ4v) is 2.81. The molecule has 100 valence electrons. The molecule has 0 unspecified atom stereocenters. The summed E-state index contributed by atoms with van der Waals surface area (Å²) >= 11 is 0. The van der Waals surface area contributed by atoms with Crippen LogP contribution in [-0.2, 0) is 25.9 Å². The summed E-state index contributed by atoms with van der Waals surface area (Å²) in [5, 5.41) is 3.34. The van der Waals surface area contributed by atoms with Crippen LogP contribution in [0, 0.1) is 0 Å². The molecule has 0 radical (unpaired) electrons. The van der Waals surface area contributed by atoms with Gasteiger partial charge in [-0.05, 0) is 57.2 Å². The Bertz CT molecular complexity index is 462. The molecule has 1 heterocycles. The van der Waals surface area contributed by atoms with Crippen LogP contribution in [0.5, 0.6) is 0 Å². The fraction of sp³-hybridized carbons (Fsp3) is 0.667. The van der Waals surface area contributed by atoms with Crippen molar-refractivity contribution in [2.45, 2.75) is 59.0 Å². The summed E-state index contributed by atoms with van der Waals surface area (Å²) in [7, 11) is 0. The quantitative estimate of drug-likeness (QED) is 0.811. The van der Waals surface area contributed by atoms with Crippen molar-refractivity contribution < 1.29 is 0 Å². The standard InChI is InChI=1S/C15H24N2O/c1-3-9-16-11-13-10-12-7-5-6-8-14(12)17(4-2)15(13)18/h10,16H,3-9,11H2,1-2H3. The molecule has 3 heteroatoms. The molecule has 2 rings (SSSR count). The van der Waals surface area contributed by atoms with Crippen molar-refractivity contribution in [2.24, 2.45) is 0 Å². The van der Waals surface area contributed by atoms with Gasteiger partial charge < -0.3 is 9.88 Å². The van der Waals surface area contributed by atoms with Gasteiger partial charge in [0.2, 0.25) is 0 Å². The van der Waals surface area contributed by atoms with Gasteiger partial charge in [0.05, 0.1) is 0 Å². The van der Waals surface area contributed by atoms with Crippen LogP contribution in [-0.4, -0.2) is 11.1 Å². The molecule has 0 aromatic carbocycles. The van der Waals surface area contributed by atoms with Crippen LogP contribution in [0.3, 0.4) is 0 Å². The van der Waals surface area contributed by atoms with E-state index in [9.17, 15) is 4.79 Å². The van der Waals surface area contributed by atoms with Crippen molar-refractivity contribution in [1.82, 2.24) is 9.88 Å². The number of hydrogen-bond donors (Lipinski definition) is 1. The Labute approximate surface area is 109 Å². The lowest BCUT2D eigenvalue weighted by atomic mass is 9.94. The summed E-state index contributed by atoms with van der Waals surface area (Å²) in [6, 6.07) is 2.14. The number of fused-ring (bicyclic) bond motifs is 1. The first-order valence-corrected chi connectivity index (χ1v) is 7.23.